The third-order valence-electron chi connectivity index (χ3n) is 4.79. The molecule has 0 bridgehead atoms. The van der Waals surface area contributed by atoms with Gasteiger partial charge in [0, 0.05) is 16.1 Å². The summed E-state index contributed by atoms with van der Waals surface area (Å²) in [4.78, 5) is 14.4. The third kappa shape index (κ3) is 4.21. The Balaban J connectivity index is 2.00. The molecule has 0 saturated heterocycles. The number of para-hydroxylation sites is 1. The standard InChI is InChI=1S/C24H16Cl3NO2S/c1-14-21(15-8-4-2-5-9-15)28(16-10-6-3-7-11-16)24(30)23(22(14)29)31-20-13-18(26)17(25)12-19(20)27/h2-13,29H,1H3. The summed E-state index contributed by atoms with van der Waals surface area (Å²) >= 11 is 19.6. The van der Waals surface area contributed by atoms with Crippen molar-refractivity contribution in [3.05, 3.63) is 104 Å². The van der Waals surface area contributed by atoms with Gasteiger partial charge >= 0.3 is 0 Å². The van der Waals surface area contributed by atoms with Gasteiger partial charge in [0.15, 0.2) is 0 Å². The lowest BCUT2D eigenvalue weighted by Crippen LogP contribution is -2.23. The van der Waals surface area contributed by atoms with Crippen LogP contribution in [0.4, 0.5) is 0 Å². The van der Waals surface area contributed by atoms with Crippen molar-refractivity contribution in [1.29, 1.82) is 0 Å². The molecule has 0 aliphatic rings. The number of halogens is 3. The average molecular weight is 489 g/mol. The highest BCUT2D eigenvalue weighted by Gasteiger charge is 2.23. The Hall–Kier alpha value is -2.37. The molecule has 156 valence electrons. The average Bonchev–Trinajstić information content (AvgIpc) is 2.78. The summed E-state index contributed by atoms with van der Waals surface area (Å²) in [5.74, 6) is -0.0943. The lowest BCUT2D eigenvalue weighted by molar-refractivity contribution is 0.454. The zero-order valence-corrected chi connectivity index (χ0v) is 19.4. The second-order valence-corrected chi connectivity index (χ2v) is 9.07. The van der Waals surface area contributed by atoms with E-state index in [4.69, 9.17) is 34.8 Å². The number of aromatic nitrogens is 1. The topological polar surface area (TPSA) is 42.2 Å². The van der Waals surface area contributed by atoms with E-state index in [0.29, 0.717) is 36.9 Å². The highest BCUT2D eigenvalue weighted by Crippen LogP contribution is 2.42. The van der Waals surface area contributed by atoms with E-state index in [1.165, 1.54) is 6.07 Å². The smallest absolute Gasteiger partial charge is 0.273 e. The van der Waals surface area contributed by atoms with E-state index in [-0.39, 0.29) is 16.2 Å². The molecule has 4 aromatic rings. The molecule has 0 unspecified atom stereocenters. The van der Waals surface area contributed by atoms with E-state index >= 15 is 0 Å². The number of hydrogen-bond donors (Lipinski definition) is 1. The van der Waals surface area contributed by atoms with Crippen LogP contribution in [0.2, 0.25) is 15.1 Å². The van der Waals surface area contributed by atoms with Crippen LogP contribution in [0.5, 0.6) is 5.75 Å². The minimum Gasteiger partial charge on any atom is -0.506 e. The molecule has 0 amide bonds. The van der Waals surface area contributed by atoms with Gasteiger partial charge in [-0.15, -0.1) is 0 Å². The predicted octanol–water partition coefficient (Wildman–Crippen LogP) is 7.63. The Morgan fingerprint density at radius 2 is 1.42 bits per heavy atom. The van der Waals surface area contributed by atoms with Crippen LogP contribution in [-0.4, -0.2) is 9.67 Å². The molecule has 0 aliphatic carbocycles. The molecule has 31 heavy (non-hydrogen) atoms. The van der Waals surface area contributed by atoms with E-state index < -0.39 is 0 Å². The molecule has 7 heteroatoms. The highest BCUT2D eigenvalue weighted by molar-refractivity contribution is 7.99. The van der Waals surface area contributed by atoms with Crippen molar-refractivity contribution in [3.63, 3.8) is 0 Å². The second kappa shape index (κ2) is 9.01. The first kappa shape index (κ1) is 21.8. The molecule has 3 nitrogen and oxygen atoms in total. The molecule has 3 aromatic carbocycles. The van der Waals surface area contributed by atoms with Crippen molar-refractivity contribution in [2.24, 2.45) is 0 Å². The zero-order chi connectivity index (χ0) is 22.1. The van der Waals surface area contributed by atoms with Crippen LogP contribution < -0.4 is 5.56 Å². The van der Waals surface area contributed by atoms with Gasteiger partial charge in [0.1, 0.15) is 10.6 Å². The molecule has 1 N–H and O–H groups in total. The van der Waals surface area contributed by atoms with Gasteiger partial charge < -0.3 is 5.11 Å². The van der Waals surface area contributed by atoms with E-state index in [1.807, 2.05) is 60.7 Å². The van der Waals surface area contributed by atoms with E-state index in [0.717, 1.165) is 17.3 Å². The Morgan fingerprint density at radius 3 is 2.06 bits per heavy atom. The van der Waals surface area contributed by atoms with Crippen LogP contribution in [0.15, 0.2) is 87.4 Å². The summed E-state index contributed by atoms with van der Waals surface area (Å²) in [5.41, 5.74) is 2.35. The molecule has 0 spiro atoms. The molecule has 4 rings (SSSR count). The van der Waals surface area contributed by atoms with Crippen LogP contribution in [-0.2, 0) is 0 Å². The molecule has 0 saturated carbocycles. The van der Waals surface area contributed by atoms with Crippen molar-refractivity contribution in [1.82, 2.24) is 4.57 Å². The fraction of sp³-hybridized carbons (Fsp3) is 0.0417. The molecule has 1 heterocycles. The van der Waals surface area contributed by atoms with Gasteiger partial charge in [-0.2, -0.15) is 0 Å². The molecule has 0 radical (unpaired) electrons. The van der Waals surface area contributed by atoms with Gasteiger partial charge in [-0.05, 0) is 36.8 Å². The number of nitrogens with zero attached hydrogens (tertiary/aromatic N) is 1. The fourth-order valence-corrected chi connectivity index (χ4v) is 5.01. The molecular formula is C24H16Cl3NO2S. The Labute approximate surface area is 198 Å². The van der Waals surface area contributed by atoms with Crippen molar-refractivity contribution >= 4 is 46.6 Å². The molecular weight excluding hydrogens is 473 g/mol. The van der Waals surface area contributed by atoms with Gasteiger partial charge in [-0.1, -0.05) is 95.1 Å². The van der Waals surface area contributed by atoms with E-state index in [9.17, 15) is 9.90 Å². The summed E-state index contributed by atoms with van der Waals surface area (Å²) in [6.07, 6.45) is 0. The molecule has 1 aromatic heterocycles. The molecule has 0 atom stereocenters. The Kier molecular flexibility index (Phi) is 6.35. The molecule has 0 fully saturated rings. The van der Waals surface area contributed by atoms with Crippen molar-refractivity contribution < 1.29 is 5.11 Å². The minimum absolute atomic E-state index is 0.0943. The normalized spacial score (nSPS) is 11.0. The maximum atomic E-state index is 13.7. The molecule has 0 aliphatic heterocycles. The van der Waals surface area contributed by atoms with Gasteiger partial charge in [-0.3, -0.25) is 9.36 Å². The number of rotatable bonds is 4. The predicted molar refractivity (Wildman–Crippen MR) is 129 cm³/mol. The largest absolute Gasteiger partial charge is 0.506 e. The number of hydrogen-bond acceptors (Lipinski definition) is 3. The van der Waals surface area contributed by atoms with Crippen molar-refractivity contribution in [3.8, 4) is 22.7 Å². The van der Waals surface area contributed by atoms with Crippen LogP contribution in [0.1, 0.15) is 5.56 Å². The van der Waals surface area contributed by atoms with Crippen molar-refractivity contribution in [2.45, 2.75) is 16.7 Å². The maximum Gasteiger partial charge on any atom is 0.273 e. The minimum atomic E-state index is -0.361. The summed E-state index contributed by atoms with van der Waals surface area (Å²) in [5, 5.41) is 12.0. The van der Waals surface area contributed by atoms with Crippen LogP contribution in [0.3, 0.4) is 0 Å². The summed E-state index contributed by atoms with van der Waals surface area (Å²) in [7, 11) is 0. The van der Waals surface area contributed by atoms with Gasteiger partial charge in [-0.25, -0.2) is 0 Å². The maximum absolute atomic E-state index is 13.7. The lowest BCUT2D eigenvalue weighted by atomic mass is 10.0. The Bertz CT molecular complexity index is 1320. The van der Waals surface area contributed by atoms with Crippen LogP contribution >= 0.6 is 46.6 Å². The van der Waals surface area contributed by atoms with E-state index in [1.54, 1.807) is 17.6 Å². The highest BCUT2D eigenvalue weighted by atomic mass is 35.5. The first-order valence-electron chi connectivity index (χ1n) is 9.30. The summed E-state index contributed by atoms with van der Waals surface area (Å²) < 4.78 is 1.61. The number of aromatic hydroxyl groups is 1. The lowest BCUT2D eigenvalue weighted by Gasteiger charge is -2.19. The van der Waals surface area contributed by atoms with Gasteiger partial charge in [0.2, 0.25) is 0 Å². The fourth-order valence-electron chi connectivity index (χ4n) is 3.30. The number of benzene rings is 3. The quantitative estimate of drug-likeness (QED) is 0.300. The van der Waals surface area contributed by atoms with Crippen molar-refractivity contribution in [2.75, 3.05) is 0 Å². The van der Waals surface area contributed by atoms with Gasteiger partial charge in [0.25, 0.3) is 5.56 Å². The monoisotopic (exact) mass is 487 g/mol. The number of pyridine rings is 1. The summed E-state index contributed by atoms with van der Waals surface area (Å²) in [6, 6.07) is 21.9. The van der Waals surface area contributed by atoms with Gasteiger partial charge in [0.05, 0.1) is 20.8 Å². The van der Waals surface area contributed by atoms with Crippen LogP contribution in [0.25, 0.3) is 16.9 Å². The SMILES string of the molecule is Cc1c(O)c(Sc2cc(Cl)c(Cl)cc2Cl)c(=O)n(-c2ccccc2)c1-c1ccccc1. The van der Waals surface area contributed by atoms with Crippen LogP contribution in [0, 0.1) is 6.92 Å². The first-order chi connectivity index (χ1) is 14.9. The second-order valence-electron chi connectivity index (χ2n) is 6.79. The summed E-state index contributed by atoms with van der Waals surface area (Å²) in [6.45, 7) is 1.79. The first-order valence-corrected chi connectivity index (χ1v) is 11.3. The third-order valence-corrected chi connectivity index (χ3v) is 7.07. The Morgan fingerprint density at radius 1 is 0.839 bits per heavy atom. The van der Waals surface area contributed by atoms with E-state index in [2.05, 4.69) is 0 Å². The zero-order valence-electron chi connectivity index (χ0n) is 16.3.